The second kappa shape index (κ2) is 7.94. The highest BCUT2D eigenvalue weighted by molar-refractivity contribution is 7.10. The summed E-state index contributed by atoms with van der Waals surface area (Å²) in [5.41, 5.74) is 3.10. The molecule has 5 nitrogen and oxygen atoms in total. The highest BCUT2D eigenvalue weighted by atomic mass is 32.1. The van der Waals surface area contributed by atoms with Crippen LogP contribution in [0.1, 0.15) is 27.6 Å². The molecule has 4 rings (SSSR count). The lowest BCUT2D eigenvalue weighted by Crippen LogP contribution is -2.39. The Morgan fingerprint density at radius 2 is 2.14 bits per heavy atom. The van der Waals surface area contributed by atoms with E-state index in [9.17, 15) is 4.79 Å². The number of hydrogen-bond donors (Lipinski definition) is 0. The first kappa shape index (κ1) is 18.4. The minimum Gasteiger partial charge on any atom is -0.497 e. The van der Waals surface area contributed by atoms with Crippen molar-refractivity contribution in [3.05, 3.63) is 75.9 Å². The summed E-state index contributed by atoms with van der Waals surface area (Å²) < 4.78 is 16.0. The van der Waals surface area contributed by atoms with Crippen LogP contribution in [-0.2, 0) is 11.2 Å². The number of carbonyl (C=O) groups is 1. The van der Waals surface area contributed by atoms with Gasteiger partial charge >= 0.3 is 0 Å². The first-order valence-corrected chi connectivity index (χ1v) is 9.88. The molecule has 1 aliphatic heterocycles. The molecule has 1 unspecified atom stereocenters. The molecule has 0 saturated heterocycles. The largest absolute Gasteiger partial charge is 0.497 e. The van der Waals surface area contributed by atoms with Gasteiger partial charge in [-0.3, -0.25) is 4.79 Å². The van der Waals surface area contributed by atoms with Gasteiger partial charge in [-0.1, -0.05) is 0 Å². The lowest BCUT2D eigenvalue weighted by atomic mass is 9.94. The van der Waals surface area contributed by atoms with Crippen molar-refractivity contribution in [2.24, 2.45) is 0 Å². The molecule has 0 radical (unpaired) electrons. The number of furan rings is 1. The standard InChI is InChI=1S/C22H21NO4S/c1-25-17-4-5-18(19(13-17)26-2)21-22-16(9-12-28-22)7-10-23(21)20(24)6-3-15-8-11-27-14-15/h3-6,8-9,11-14,21H,7,10H2,1-2H3. The van der Waals surface area contributed by atoms with Gasteiger partial charge in [-0.2, -0.15) is 0 Å². The summed E-state index contributed by atoms with van der Waals surface area (Å²) in [6.45, 7) is 0.651. The fourth-order valence-corrected chi connectivity index (χ4v) is 4.61. The molecule has 1 aliphatic rings. The van der Waals surface area contributed by atoms with E-state index in [1.165, 1.54) is 10.4 Å². The number of thiophene rings is 1. The Hall–Kier alpha value is -2.99. The van der Waals surface area contributed by atoms with Gasteiger partial charge in [0.1, 0.15) is 11.5 Å². The summed E-state index contributed by atoms with van der Waals surface area (Å²) in [6.07, 6.45) is 7.43. The fraction of sp³-hybridized carbons (Fsp3) is 0.227. The van der Waals surface area contributed by atoms with Crippen molar-refractivity contribution >= 4 is 23.3 Å². The topological polar surface area (TPSA) is 51.9 Å². The van der Waals surface area contributed by atoms with Gasteiger partial charge in [0.25, 0.3) is 0 Å². The van der Waals surface area contributed by atoms with Crippen LogP contribution in [0.4, 0.5) is 0 Å². The molecule has 0 bridgehead atoms. The van der Waals surface area contributed by atoms with E-state index >= 15 is 0 Å². The molecule has 3 aromatic rings. The Kier molecular flexibility index (Phi) is 5.21. The highest BCUT2D eigenvalue weighted by Gasteiger charge is 2.34. The first-order valence-electron chi connectivity index (χ1n) is 9.00. The van der Waals surface area contributed by atoms with Crippen LogP contribution in [0.15, 0.2) is 58.7 Å². The third-order valence-electron chi connectivity index (χ3n) is 4.94. The molecule has 1 aromatic carbocycles. The Morgan fingerprint density at radius 3 is 2.89 bits per heavy atom. The molecule has 3 heterocycles. The molecular formula is C22H21NO4S. The number of methoxy groups -OCH3 is 2. The number of benzene rings is 1. The molecule has 0 fully saturated rings. The second-order valence-electron chi connectivity index (χ2n) is 6.49. The number of hydrogen-bond acceptors (Lipinski definition) is 5. The molecule has 1 atom stereocenters. The van der Waals surface area contributed by atoms with Gasteiger partial charge in [-0.25, -0.2) is 0 Å². The van der Waals surface area contributed by atoms with Crippen LogP contribution in [0.3, 0.4) is 0 Å². The van der Waals surface area contributed by atoms with Crippen LogP contribution in [0.5, 0.6) is 11.5 Å². The summed E-state index contributed by atoms with van der Waals surface area (Å²) in [7, 11) is 3.27. The number of nitrogens with zero attached hydrogens (tertiary/aromatic N) is 1. The zero-order valence-corrected chi connectivity index (χ0v) is 16.6. The second-order valence-corrected chi connectivity index (χ2v) is 7.44. The van der Waals surface area contributed by atoms with E-state index in [0.717, 1.165) is 23.3 Å². The van der Waals surface area contributed by atoms with E-state index in [1.54, 1.807) is 50.2 Å². The lowest BCUT2D eigenvalue weighted by molar-refractivity contribution is -0.127. The molecule has 0 aliphatic carbocycles. The zero-order valence-electron chi connectivity index (χ0n) is 15.8. The maximum Gasteiger partial charge on any atom is 0.247 e. The maximum atomic E-state index is 13.1. The molecule has 2 aromatic heterocycles. The van der Waals surface area contributed by atoms with Crippen molar-refractivity contribution in [3.63, 3.8) is 0 Å². The summed E-state index contributed by atoms with van der Waals surface area (Å²) >= 11 is 1.67. The van der Waals surface area contributed by atoms with Crippen LogP contribution in [-0.4, -0.2) is 31.6 Å². The summed E-state index contributed by atoms with van der Waals surface area (Å²) in [5.74, 6) is 1.39. The van der Waals surface area contributed by atoms with Crippen LogP contribution < -0.4 is 9.47 Å². The summed E-state index contributed by atoms with van der Waals surface area (Å²) in [4.78, 5) is 16.2. The van der Waals surface area contributed by atoms with E-state index < -0.39 is 0 Å². The van der Waals surface area contributed by atoms with Crippen LogP contribution in [0.25, 0.3) is 6.08 Å². The third-order valence-corrected chi connectivity index (χ3v) is 5.95. The quantitative estimate of drug-likeness (QED) is 0.595. The molecule has 0 spiro atoms. The minimum atomic E-state index is -0.189. The third kappa shape index (κ3) is 3.43. The van der Waals surface area contributed by atoms with E-state index in [1.807, 2.05) is 29.2 Å². The predicted octanol–water partition coefficient (Wildman–Crippen LogP) is 4.55. The Balaban J connectivity index is 1.73. The Bertz CT molecular complexity index is 990. The van der Waals surface area contributed by atoms with Crippen molar-refractivity contribution in [1.29, 1.82) is 0 Å². The normalized spacial score (nSPS) is 16.2. The van der Waals surface area contributed by atoms with Gasteiger partial charge < -0.3 is 18.8 Å². The monoisotopic (exact) mass is 395 g/mol. The molecule has 6 heteroatoms. The Labute approximate surface area is 167 Å². The average molecular weight is 395 g/mol. The molecule has 0 saturated carbocycles. The average Bonchev–Trinajstić information content (AvgIpc) is 3.42. The summed E-state index contributed by atoms with van der Waals surface area (Å²) in [5, 5.41) is 2.09. The number of fused-ring (bicyclic) bond motifs is 1. The van der Waals surface area contributed by atoms with Crippen molar-refractivity contribution in [1.82, 2.24) is 4.90 Å². The van der Waals surface area contributed by atoms with Gasteiger partial charge in [0.15, 0.2) is 0 Å². The molecule has 1 amide bonds. The van der Waals surface area contributed by atoms with Crippen molar-refractivity contribution in [2.45, 2.75) is 12.5 Å². The van der Waals surface area contributed by atoms with Crippen molar-refractivity contribution < 1.29 is 18.7 Å². The van der Waals surface area contributed by atoms with Gasteiger partial charge in [-0.05, 0) is 47.7 Å². The molecular weight excluding hydrogens is 374 g/mol. The van der Waals surface area contributed by atoms with Gasteiger partial charge in [0, 0.05) is 34.7 Å². The maximum absolute atomic E-state index is 13.1. The van der Waals surface area contributed by atoms with E-state index in [4.69, 9.17) is 13.9 Å². The SMILES string of the molecule is COc1ccc(C2c3sccc3CCN2C(=O)C=Cc2ccoc2)c(OC)c1. The van der Waals surface area contributed by atoms with Crippen molar-refractivity contribution in [2.75, 3.05) is 20.8 Å². The lowest BCUT2D eigenvalue weighted by Gasteiger charge is -2.36. The Morgan fingerprint density at radius 1 is 1.25 bits per heavy atom. The van der Waals surface area contributed by atoms with Crippen LogP contribution >= 0.6 is 11.3 Å². The smallest absolute Gasteiger partial charge is 0.247 e. The molecule has 0 N–H and O–H groups in total. The zero-order chi connectivity index (χ0) is 19.5. The first-order chi connectivity index (χ1) is 13.7. The van der Waals surface area contributed by atoms with E-state index in [0.29, 0.717) is 12.3 Å². The minimum absolute atomic E-state index is 0.0388. The number of carbonyl (C=O) groups excluding carboxylic acids is 1. The van der Waals surface area contributed by atoms with Crippen LogP contribution in [0.2, 0.25) is 0 Å². The number of rotatable bonds is 5. The van der Waals surface area contributed by atoms with Gasteiger partial charge in [-0.15, -0.1) is 11.3 Å². The highest BCUT2D eigenvalue weighted by Crippen LogP contribution is 2.42. The van der Waals surface area contributed by atoms with Crippen molar-refractivity contribution in [3.8, 4) is 11.5 Å². The molecule has 144 valence electrons. The summed E-state index contributed by atoms with van der Waals surface area (Å²) in [6, 6.07) is 9.53. The fourth-order valence-electron chi connectivity index (χ4n) is 3.53. The molecule has 28 heavy (non-hydrogen) atoms. The van der Waals surface area contributed by atoms with Crippen LogP contribution in [0, 0.1) is 0 Å². The van der Waals surface area contributed by atoms with E-state index in [2.05, 4.69) is 11.4 Å². The number of amides is 1. The van der Waals surface area contributed by atoms with Gasteiger partial charge in [0.05, 0.1) is 32.8 Å². The van der Waals surface area contributed by atoms with Gasteiger partial charge in [0.2, 0.25) is 5.91 Å². The number of ether oxygens (including phenoxy) is 2. The predicted molar refractivity (Wildman–Crippen MR) is 109 cm³/mol. The van der Waals surface area contributed by atoms with E-state index in [-0.39, 0.29) is 11.9 Å².